The Morgan fingerprint density at radius 2 is 2.11 bits per heavy atom. The van der Waals surface area contributed by atoms with Gasteiger partial charge < -0.3 is 20.1 Å². The van der Waals surface area contributed by atoms with Crippen LogP contribution in [0.4, 0.5) is 0 Å². The van der Waals surface area contributed by atoms with E-state index < -0.39 is 6.10 Å². The molecule has 1 aromatic heterocycles. The summed E-state index contributed by atoms with van der Waals surface area (Å²) in [6, 6.07) is 5.67. The van der Waals surface area contributed by atoms with Gasteiger partial charge in [0.2, 0.25) is 5.91 Å². The third-order valence-corrected chi connectivity index (χ3v) is 3.94. The molecule has 1 aromatic carbocycles. The van der Waals surface area contributed by atoms with Crippen LogP contribution in [-0.4, -0.2) is 46.5 Å². The molecule has 0 saturated carbocycles. The van der Waals surface area contributed by atoms with Crippen molar-refractivity contribution in [2.75, 3.05) is 13.2 Å². The number of aromatic nitrogens is 1. The summed E-state index contributed by atoms with van der Waals surface area (Å²) in [5, 5.41) is 17.1. The third kappa shape index (κ3) is 6.69. The van der Waals surface area contributed by atoms with Gasteiger partial charge in [0.25, 0.3) is 0 Å². The molecule has 2 aromatic rings. The first-order chi connectivity index (χ1) is 12.7. The Bertz CT molecular complexity index is 801. The number of ether oxygens (including phenoxy) is 1. The minimum absolute atomic E-state index is 0.0570. The van der Waals surface area contributed by atoms with Gasteiger partial charge in [-0.15, -0.1) is 0 Å². The molecule has 0 bridgehead atoms. The molecule has 0 aliphatic rings. The van der Waals surface area contributed by atoms with Crippen LogP contribution in [0.25, 0.3) is 10.9 Å². The second kappa shape index (κ2) is 9.01. The fourth-order valence-corrected chi connectivity index (χ4v) is 2.61. The van der Waals surface area contributed by atoms with E-state index in [1.807, 2.05) is 38.2 Å². The van der Waals surface area contributed by atoms with Gasteiger partial charge in [0, 0.05) is 22.8 Å². The lowest BCUT2D eigenvalue weighted by Gasteiger charge is -2.19. The van der Waals surface area contributed by atoms with E-state index in [0.717, 1.165) is 22.2 Å². The zero-order chi connectivity index (χ0) is 20.0. The Morgan fingerprint density at radius 1 is 1.37 bits per heavy atom. The summed E-state index contributed by atoms with van der Waals surface area (Å²) in [7, 11) is 0. The Kier molecular flexibility index (Phi) is 6.98. The lowest BCUT2D eigenvalue weighted by Crippen LogP contribution is -2.96. The molecule has 0 fully saturated rings. The molecular formula is C20H31N4O3+. The Hall–Kier alpha value is -2.38. The first-order valence-electron chi connectivity index (χ1n) is 9.19. The number of nitrogens with zero attached hydrogens (tertiary/aromatic N) is 1. The summed E-state index contributed by atoms with van der Waals surface area (Å²) < 4.78 is 5.88. The number of fused-ring (bicyclic) bond motifs is 1. The SMILES string of the molecule is CC(C)=NNC(=O)Cc1c[nH]c2cccc(OC[C@@H](O)C[NH2+]C(C)(C)C)c12. The lowest BCUT2D eigenvalue weighted by molar-refractivity contribution is -0.722. The number of aliphatic hydroxyl groups excluding tert-OH is 1. The van der Waals surface area contributed by atoms with Crippen molar-refractivity contribution in [1.82, 2.24) is 10.4 Å². The number of H-pyrrole nitrogens is 1. The molecule has 2 rings (SSSR count). The van der Waals surface area contributed by atoms with Crippen molar-refractivity contribution in [3.63, 3.8) is 0 Å². The number of carbonyl (C=O) groups excluding carboxylic acids is 1. The van der Waals surface area contributed by atoms with Crippen molar-refractivity contribution in [2.24, 2.45) is 5.10 Å². The van der Waals surface area contributed by atoms with Gasteiger partial charge >= 0.3 is 0 Å². The highest BCUT2D eigenvalue weighted by atomic mass is 16.5. The summed E-state index contributed by atoms with van der Waals surface area (Å²) in [5.41, 5.74) is 5.10. The number of rotatable bonds is 8. The number of hydrogen-bond donors (Lipinski definition) is 4. The average molecular weight is 375 g/mol. The monoisotopic (exact) mass is 375 g/mol. The van der Waals surface area contributed by atoms with E-state index in [4.69, 9.17) is 4.74 Å². The van der Waals surface area contributed by atoms with Crippen LogP contribution in [-0.2, 0) is 11.2 Å². The molecule has 1 amide bonds. The maximum absolute atomic E-state index is 12.1. The highest BCUT2D eigenvalue weighted by Gasteiger charge is 2.18. The van der Waals surface area contributed by atoms with E-state index in [1.165, 1.54) is 0 Å². The quantitative estimate of drug-likeness (QED) is 0.413. The maximum Gasteiger partial charge on any atom is 0.244 e. The summed E-state index contributed by atoms with van der Waals surface area (Å²) in [5.74, 6) is 0.466. The van der Waals surface area contributed by atoms with E-state index in [1.54, 1.807) is 0 Å². The number of aliphatic hydroxyl groups is 1. The first-order valence-corrected chi connectivity index (χ1v) is 9.19. The molecular weight excluding hydrogens is 344 g/mol. The van der Waals surface area contributed by atoms with E-state index in [2.05, 4.69) is 41.6 Å². The van der Waals surface area contributed by atoms with Gasteiger partial charge in [0.05, 0.1) is 12.0 Å². The molecule has 148 valence electrons. The summed E-state index contributed by atoms with van der Waals surface area (Å²) in [6.45, 7) is 10.7. The molecule has 7 heteroatoms. The van der Waals surface area contributed by atoms with Crippen LogP contribution in [0, 0.1) is 0 Å². The fourth-order valence-electron chi connectivity index (χ4n) is 2.61. The van der Waals surface area contributed by atoms with Crippen LogP contribution in [0.15, 0.2) is 29.5 Å². The Morgan fingerprint density at radius 3 is 2.78 bits per heavy atom. The number of quaternary nitrogens is 1. The molecule has 7 nitrogen and oxygen atoms in total. The molecule has 1 atom stereocenters. The molecule has 0 aliphatic carbocycles. The number of aromatic amines is 1. The van der Waals surface area contributed by atoms with Gasteiger partial charge in [-0.05, 0) is 52.3 Å². The normalized spacial score (nSPS) is 12.7. The number of nitrogens with one attached hydrogen (secondary N) is 2. The molecule has 27 heavy (non-hydrogen) atoms. The predicted octanol–water partition coefficient (Wildman–Crippen LogP) is 1.32. The molecule has 0 saturated heterocycles. The van der Waals surface area contributed by atoms with Crippen molar-refractivity contribution < 1.29 is 20.0 Å². The second-order valence-electron chi connectivity index (χ2n) is 8.03. The summed E-state index contributed by atoms with van der Waals surface area (Å²) in [4.78, 5) is 15.3. The molecule has 1 heterocycles. The van der Waals surface area contributed by atoms with E-state index in [9.17, 15) is 9.90 Å². The van der Waals surface area contributed by atoms with Gasteiger partial charge in [-0.1, -0.05) is 6.07 Å². The van der Waals surface area contributed by atoms with Crippen molar-refractivity contribution in [2.45, 2.75) is 52.7 Å². The third-order valence-electron chi connectivity index (χ3n) is 3.94. The van der Waals surface area contributed by atoms with E-state index in [-0.39, 0.29) is 24.5 Å². The van der Waals surface area contributed by atoms with Crippen molar-refractivity contribution >= 4 is 22.5 Å². The Balaban J connectivity index is 2.07. The molecule has 5 N–H and O–H groups in total. The van der Waals surface area contributed by atoms with Crippen LogP contribution in [0.5, 0.6) is 5.75 Å². The van der Waals surface area contributed by atoms with E-state index >= 15 is 0 Å². The summed E-state index contributed by atoms with van der Waals surface area (Å²) in [6.07, 6.45) is 1.42. The predicted molar refractivity (Wildman–Crippen MR) is 107 cm³/mol. The maximum atomic E-state index is 12.1. The molecule has 0 spiro atoms. The number of benzene rings is 1. The van der Waals surface area contributed by atoms with Gasteiger partial charge in [0.15, 0.2) is 0 Å². The highest BCUT2D eigenvalue weighted by Crippen LogP contribution is 2.29. The van der Waals surface area contributed by atoms with Crippen LogP contribution >= 0.6 is 0 Å². The van der Waals surface area contributed by atoms with E-state index in [0.29, 0.717) is 12.3 Å². The lowest BCUT2D eigenvalue weighted by atomic mass is 10.1. The fraction of sp³-hybridized carbons (Fsp3) is 0.500. The van der Waals surface area contributed by atoms with Crippen molar-refractivity contribution in [3.8, 4) is 5.75 Å². The number of amides is 1. The van der Waals surface area contributed by atoms with Crippen LogP contribution < -0.4 is 15.5 Å². The zero-order valence-electron chi connectivity index (χ0n) is 16.8. The standard InChI is InChI=1S/C20H30N4O3/c1-13(2)23-24-18(26)9-14-10-21-16-7-6-8-17(19(14)16)27-12-15(25)11-22-20(3,4)5/h6-8,10,15,21-22,25H,9,11-12H2,1-5H3,(H,24,26)/p+1/t15-/m0/s1. The number of nitrogens with two attached hydrogens (primary N) is 1. The van der Waals surface area contributed by atoms with Crippen LogP contribution in [0.1, 0.15) is 40.2 Å². The average Bonchev–Trinajstić information content (AvgIpc) is 2.99. The van der Waals surface area contributed by atoms with Crippen LogP contribution in [0.2, 0.25) is 0 Å². The van der Waals surface area contributed by atoms with Gasteiger partial charge in [-0.3, -0.25) is 4.79 Å². The molecule has 0 radical (unpaired) electrons. The number of carbonyl (C=O) groups is 1. The largest absolute Gasteiger partial charge is 0.490 e. The van der Waals surface area contributed by atoms with Gasteiger partial charge in [0.1, 0.15) is 25.0 Å². The topological polar surface area (TPSA) is 103 Å². The number of hydrazone groups is 1. The minimum atomic E-state index is -0.577. The van der Waals surface area contributed by atoms with Crippen molar-refractivity contribution in [3.05, 3.63) is 30.0 Å². The Labute approximate surface area is 160 Å². The smallest absolute Gasteiger partial charge is 0.244 e. The van der Waals surface area contributed by atoms with Crippen LogP contribution in [0.3, 0.4) is 0 Å². The van der Waals surface area contributed by atoms with Gasteiger partial charge in [-0.2, -0.15) is 5.10 Å². The summed E-state index contributed by atoms with van der Waals surface area (Å²) >= 11 is 0. The van der Waals surface area contributed by atoms with Gasteiger partial charge in [-0.25, -0.2) is 5.43 Å². The van der Waals surface area contributed by atoms with Crippen molar-refractivity contribution in [1.29, 1.82) is 0 Å². The zero-order valence-corrected chi connectivity index (χ0v) is 16.8. The molecule has 0 aliphatic heterocycles. The number of hydrogen-bond acceptors (Lipinski definition) is 4. The minimum Gasteiger partial charge on any atom is -0.490 e. The first kappa shape index (κ1) is 20.9. The molecule has 0 unspecified atom stereocenters. The second-order valence-corrected chi connectivity index (χ2v) is 8.03. The highest BCUT2D eigenvalue weighted by molar-refractivity contribution is 5.93.